The third kappa shape index (κ3) is 6.45. The number of carbonyl (C=O) groups excluding carboxylic acids is 1. The second kappa shape index (κ2) is 10.6. The molecule has 3 aromatic rings. The van der Waals surface area contributed by atoms with Crippen LogP contribution in [0.5, 0.6) is 5.75 Å². The predicted octanol–water partition coefficient (Wildman–Crippen LogP) is 5.59. The highest BCUT2D eigenvalue weighted by Crippen LogP contribution is 2.20. The van der Waals surface area contributed by atoms with E-state index < -0.39 is 0 Å². The molecule has 156 valence electrons. The zero-order valence-electron chi connectivity index (χ0n) is 18.0. The van der Waals surface area contributed by atoms with Crippen molar-refractivity contribution in [3.05, 3.63) is 95.3 Å². The fourth-order valence-electron chi connectivity index (χ4n) is 3.24. The Hall–Kier alpha value is -3.14. The van der Waals surface area contributed by atoms with Crippen LogP contribution in [0.1, 0.15) is 61.5 Å². The molecule has 1 unspecified atom stereocenters. The molecular formula is C26H30N2O2. The molecule has 0 aliphatic heterocycles. The first-order valence-electron chi connectivity index (χ1n) is 10.5. The number of carbonyl (C=O) groups is 1. The van der Waals surface area contributed by atoms with Gasteiger partial charge in [-0.15, -0.1) is 0 Å². The number of hydrogen-bond acceptors (Lipinski definition) is 3. The molecule has 0 aliphatic carbocycles. The number of hydrogen-bond donors (Lipinski definition) is 1. The molecule has 1 N–H and O–H groups in total. The summed E-state index contributed by atoms with van der Waals surface area (Å²) in [6.45, 7) is 6.78. The van der Waals surface area contributed by atoms with Gasteiger partial charge in [-0.3, -0.25) is 9.78 Å². The van der Waals surface area contributed by atoms with Crippen LogP contribution < -0.4 is 10.1 Å². The van der Waals surface area contributed by atoms with E-state index in [0.717, 1.165) is 23.4 Å². The Morgan fingerprint density at radius 1 is 0.967 bits per heavy atom. The van der Waals surface area contributed by atoms with E-state index in [2.05, 4.69) is 48.4 Å². The maximum absolute atomic E-state index is 12.4. The molecular weight excluding hydrogens is 372 g/mol. The Labute approximate surface area is 179 Å². The summed E-state index contributed by atoms with van der Waals surface area (Å²) >= 11 is 0. The molecule has 1 atom stereocenters. The number of nitrogens with zero attached hydrogens (tertiary/aromatic N) is 1. The minimum absolute atomic E-state index is 0.0512. The lowest BCUT2D eigenvalue weighted by Crippen LogP contribution is -2.26. The van der Waals surface area contributed by atoms with E-state index in [1.54, 1.807) is 6.20 Å². The van der Waals surface area contributed by atoms with Gasteiger partial charge in [-0.25, -0.2) is 0 Å². The zero-order valence-corrected chi connectivity index (χ0v) is 18.0. The monoisotopic (exact) mass is 402 g/mol. The molecule has 1 aromatic heterocycles. The number of aromatic nitrogens is 1. The van der Waals surface area contributed by atoms with Crippen molar-refractivity contribution in [1.82, 2.24) is 10.3 Å². The number of amides is 1. The fourth-order valence-corrected chi connectivity index (χ4v) is 3.24. The largest absolute Gasteiger partial charge is 0.487 e. The molecule has 0 saturated heterocycles. The van der Waals surface area contributed by atoms with E-state index in [1.165, 1.54) is 11.1 Å². The van der Waals surface area contributed by atoms with Gasteiger partial charge in [0.1, 0.15) is 12.4 Å². The topological polar surface area (TPSA) is 51.2 Å². The van der Waals surface area contributed by atoms with Gasteiger partial charge in [0.05, 0.1) is 11.7 Å². The molecule has 0 saturated carbocycles. The molecule has 30 heavy (non-hydrogen) atoms. The van der Waals surface area contributed by atoms with Crippen LogP contribution in [0.3, 0.4) is 0 Å². The van der Waals surface area contributed by atoms with E-state index in [9.17, 15) is 4.79 Å². The molecule has 3 rings (SSSR count). The van der Waals surface area contributed by atoms with Crippen LogP contribution in [0.25, 0.3) is 0 Å². The molecule has 0 bridgehead atoms. The maximum atomic E-state index is 12.4. The molecule has 0 radical (unpaired) electrons. The van der Waals surface area contributed by atoms with Crippen molar-refractivity contribution in [2.45, 2.75) is 52.2 Å². The van der Waals surface area contributed by atoms with Crippen molar-refractivity contribution in [3.63, 3.8) is 0 Å². The van der Waals surface area contributed by atoms with E-state index in [-0.39, 0.29) is 11.9 Å². The Morgan fingerprint density at radius 3 is 2.47 bits per heavy atom. The van der Waals surface area contributed by atoms with Crippen molar-refractivity contribution >= 4 is 5.91 Å². The maximum Gasteiger partial charge on any atom is 0.220 e. The van der Waals surface area contributed by atoms with Gasteiger partial charge in [0.15, 0.2) is 0 Å². The third-order valence-corrected chi connectivity index (χ3v) is 5.14. The molecule has 1 amide bonds. The summed E-state index contributed by atoms with van der Waals surface area (Å²) < 4.78 is 5.84. The summed E-state index contributed by atoms with van der Waals surface area (Å²) in [7, 11) is 0. The van der Waals surface area contributed by atoms with Gasteiger partial charge in [-0.2, -0.15) is 0 Å². The first-order chi connectivity index (χ1) is 14.5. The number of benzene rings is 2. The summed E-state index contributed by atoms with van der Waals surface area (Å²) in [4.78, 5) is 16.7. The highest BCUT2D eigenvalue weighted by Gasteiger charge is 2.11. The van der Waals surface area contributed by atoms with Crippen molar-refractivity contribution in [2.75, 3.05) is 0 Å². The van der Waals surface area contributed by atoms with Crippen LogP contribution in [0, 0.1) is 0 Å². The molecule has 0 aliphatic rings. The molecule has 4 nitrogen and oxygen atoms in total. The van der Waals surface area contributed by atoms with Gasteiger partial charge in [0.2, 0.25) is 5.91 Å². The minimum Gasteiger partial charge on any atom is -0.487 e. The fraction of sp³-hybridized carbons (Fsp3) is 0.308. The van der Waals surface area contributed by atoms with Gasteiger partial charge in [0.25, 0.3) is 0 Å². The molecule has 2 aromatic carbocycles. The number of nitrogens with one attached hydrogen (secondary N) is 1. The average molecular weight is 403 g/mol. The van der Waals surface area contributed by atoms with Crippen LogP contribution in [0.2, 0.25) is 0 Å². The van der Waals surface area contributed by atoms with Gasteiger partial charge in [0, 0.05) is 12.6 Å². The van der Waals surface area contributed by atoms with Gasteiger partial charge in [-0.1, -0.05) is 56.3 Å². The van der Waals surface area contributed by atoms with Crippen LogP contribution in [0.4, 0.5) is 0 Å². The molecule has 0 spiro atoms. The van der Waals surface area contributed by atoms with E-state index >= 15 is 0 Å². The van der Waals surface area contributed by atoms with Gasteiger partial charge in [-0.05, 0) is 60.2 Å². The van der Waals surface area contributed by atoms with E-state index in [1.807, 2.05) is 49.4 Å². The van der Waals surface area contributed by atoms with Crippen LogP contribution in [-0.4, -0.2) is 10.9 Å². The van der Waals surface area contributed by atoms with Crippen molar-refractivity contribution in [1.29, 1.82) is 0 Å². The Bertz CT molecular complexity index is 937. The number of ether oxygens (including phenoxy) is 1. The summed E-state index contributed by atoms with van der Waals surface area (Å²) in [5, 5.41) is 3.09. The highest BCUT2D eigenvalue weighted by molar-refractivity contribution is 5.76. The Balaban J connectivity index is 1.49. The predicted molar refractivity (Wildman–Crippen MR) is 120 cm³/mol. The standard InChI is InChI=1S/C26H30N2O2/c1-19(2)22-13-10-21(11-14-22)12-15-26(29)28-20(3)23-7-6-9-25(17-23)30-18-24-8-4-5-16-27-24/h4-11,13-14,16-17,19-20H,12,15,18H2,1-3H3,(H,28,29). The van der Waals surface area contributed by atoms with E-state index in [4.69, 9.17) is 4.74 Å². The molecule has 1 heterocycles. The Morgan fingerprint density at radius 2 is 1.77 bits per heavy atom. The highest BCUT2D eigenvalue weighted by atomic mass is 16.5. The number of pyridine rings is 1. The lowest BCUT2D eigenvalue weighted by molar-refractivity contribution is -0.121. The van der Waals surface area contributed by atoms with Crippen molar-refractivity contribution in [3.8, 4) is 5.75 Å². The lowest BCUT2D eigenvalue weighted by atomic mass is 10.00. The van der Waals surface area contributed by atoms with Gasteiger partial charge >= 0.3 is 0 Å². The van der Waals surface area contributed by atoms with Gasteiger partial charge < -0.3 is 10.1 Å². The van der Waals surface area contributed by atoms with Crippen molar-refractivity contribution in [2.24, 2.45) is 0 Å². The summed E-state index contributed by atoms with van der Waals surface area (Å²) in [6, 6.07) is 22.1. The minimum atomic E-state index is -0.0841. The summed E-state index contributed by atoms with van der Waals surface area (Å²) in [6.07, 6.45) is 2.97. The number of rotatable bonds is 9. The van der Waals surface area contributed by atoms with Crippen LogP contribution in [0.15, 0.2) is 72.9 Å². The average Bonchev–Trinajstić information content (AvgIpc) is 2.77. The second-order valence-electron chi connectivity index (χ2n) is 7.87. The summed E-state index contributed by atoms with van der Waals surface area (Å²) in [5.74, 6) is 1.34. The zero-order chi connectivity index (χ0) is 21.3. The summed E-state index contributed by atoms with van der Waals surface area (Å²) in [5.41, 5.74) is 4.41. The number of aryl methyl sites for hydroxylation is 1. The lowest BCUT2D eigenvalue weighted by Gasteiger charge is -2.16. The second-order valence-corrected chi connectivity index (χ2v) is 7.87. The molecule has 4 heteroatoms. The quantitative estimate of drug-likeness (QED) is 0.507. The molecule has 0 fully saturated rings. The van der Waals surface area contributed by atoms with Crippen molar-refractivity contribution < 1.29 is 9.53 Å². The van der Waals surface area contributed by atoms with Crippen LogP contribution in [-0.2, 0) is 17.8 Å². The Kier molecular flexibility index (Phi) is 7.61. The normalized spacial score (nSPS) is 11.9. The van der Waals surface area contributed by atoms with Crippen LogP contribution >= 0.6 is 0 Å². The third-order valence-electron chi connectivity index (χ3n) is 5.14. The van der Waals surface area contributed by atoms with E-state index in [0.29, 0.717) is 18.9 Å². The smallest absolute Gasteiger partial charge is 0.220 e. The first-order valence-corrected chi connectivity index (χ1v) is 10.5. The first kappa shape index (κ1) is 21.6. The SMILES string of the molecule is CC(C)c1ccc(CCC(=O)NC(C)c2cccc(OCc3ccccn3)c2)cc1.